The summed E-state index contributed by atoms with van der Waals surface area (Å²) >= 11 is 0. The van der Waals surface area contributed by atoms with Crippen LogP contribution in [0.25, 0.3) is 5.57 Å². The molecular weight excluding hydrogens is 371 g/mol. The zero-order chi connectivity index (χ0) is 19.7. The number of halogens is 4. The fourth-order valence-corrected chi connectivity index (χ4v) is 3.92. The summed E-state index contributed by atoms with van der Waals surface area (Å²) in [6.45, 7) is 5.48. The van der Waals surface area contributed by atoms with Crippen LogP contribution in [0.3, 0.4) is 0 Å². The Morgan fingerprint density at radius 1 is 1.15 bits per heavy atom. The van der Waals surface area contributed by atoms with Crippen LogP contribution in [0.15, 0.2) is 65.1 Å². The molecule has 5 heteroatoms. The summed E-state index contributed by atoms with van der Waals surface area (Å²) in [6, 6.07) is 2.39. The van der Waals surface area contributed by atoms with E-state index in [2.05, 4.69) is 21.9 Å². The van der Waals surface area contributed by atoms with Gasteiger partial charge in [0.15, 0.2) is 23.3 Å². The van der Waals surface area contributed by atoms with Gasteiger partial charge in [0.2, 0.25) is 0 Å². The van der Waals surface area contributed by atoms with Crippen molar-refractivity contribution in [3.05, 3.63) is 87.8 Å². The maximum Gasteiger partial charge on any atom is 0.167 e. The Labute approximate surface area is 159 Å². The predicted molar refractivity (Wildman–Crippen MR) is 105 cm³/mol. The van der Waals surface area contributed by atoms with Gasteiger partial charge in [-0.3, -0.25) is 0 Å². The van der Waals surface area contributed by atoms with Gasteiger partial charge < -0.3 is 0 Å². The van der Waals surface area contributed by atoms with E-state index in [9.17, 15) is 17.6 Å². The number of hydrogen-bond donors (Lipinski definition) is 0. The molecule has 1 aromatic carbocycles. The average molecular weight is 392 g/mol. The first-order valence-corrected chi connectivity index (χ1v) is 9.43. The van der Waals surface area contributed by atoms with Gasteiger partial charge in [0.25, 0.3) is 0 Å². The van der Waals surface area contributed by atoms with Crippen LogP contribution in [0, 0.1) is 17.6 Å². The SMILES string of the molecule is C=C1/C(F)=C(F)\C(C2=CCC(/C=C(/C)P)CC2)=C/Cc2ccc(F)c(F)c21. The molecule has 3 rings (SSSR count). The Balaban J connectivity index is 2.01. The molecule has 0 spiro atoms. The summed E-state index contributed by atoms with van der Waals surface area (Å²) in [5, 5.41) is 1.15. The molecular formula is C22H21F4P. The highest BCUT2D eigenvalue weighted by atomic mass is 31.0. The highest BCUT2D eigenvalue weighted by Gasteiger charge is 2.27. The van der Waals surface area contributed by atoms with Gasteiger partial charge in [-0.15, -0.1) is 9.24 Å². The fourth-order valence-electron chi connectivity index (χ4n) is 3.64. The van der Waals surface area contributed by atoms with E-state index in [-0.39, 0.29) is 17.6 Å². The third-order valence-corrected chi connectivity index (χ3v) is 5.19. The maximum atomic E-state index is 14.9. The van der Waals surface area contributed by atoms with Crippen molar-refractivity contribution in [3.63, 3.8) is 0 Å². The third kappa shape index (κ3) is 4.01. The molecule has 2 unspecified atom stereocenters. The first-order chi connectivity index (χ1) is 12.8. The zero-order valence-electron chi connectivity index (χ0n) is 15.1. The largest absolute Gasteiger partial charge is 0.204 e. The van der Waals surface area contributed by atoms with Crippen molar-refractivity contribution in [2.45, 2.75) is 32.6 Å². The predicted octanol–water partition coefficient (Wildman–Crippen LogP) is 7.12. The van der Waals surface area contributed by atoms with Crippen molar-refractivity contribution in [2.75, 3.05) is 0 Å². The minimum absolute atomic E-state index is 0.174. The summed E-state index contributed by atoms with van der Waals surface area (Å²) < 4.78 is 57.3. The van der Waals surface area contributed by atoms with Crippen molar-refractivity contribution < 1.29 is 17.6 Å². The van der Waals surface area contributed by atoms with Gasteiger partial charge in [-0.05, 0) is 55.7 Å². The minimum atomic E-state index is -1.24. The highest BCUT2D eigenvalue weighted by molar-refractivity contribution is 7.22. The van der Waals surface area contributed by atoms with Crippen molar-refractivity contribution >= 4 is 14.8 Å². The van der Waals surface area contributed by atoms with E-state index in [1.54, 1.807) is 6.08 Å². The maximum absolute atomic E-state index is 14.9. The van der Waals surface area contributed by atoms with Crippen molar-refractivity contribution in [3.8, 4) is 0 Å². The zero-order valence-corrected chi connectivity index (χ0v) is 16.2. The van der Waals surface area contributed by atoms with Crippen LogP contribution in [0.2, 0.25) is 0 Å². The molecule has 27 heavy (non-hydrogen) atoms. The average Bonchev–Trinajstić information content (AvgIpc) is 2.63. The number of rotatable bonds is 2. The third-order valence-electron chi connectivity index (χ3n) is 5.00. The Bertz CT molecular complexity index is 914. The molecule has 0 radical (unpaired) electrons. The van der Waals surface area contributed by atoms with Gasteiger partial charge in [-0.25, -0.2) is 17.6 Å². The quantitative estimate of drug-likeness (QED) is 0.371. The van der Waals surface area contributed by atoms with E-state index >= 15 is 0 Å². The summed E-state index contributed by atoms with van der Waals surface area (Å²) in [6.07, 6.45) is 8.06. The van der Waals surface area contributed by atoms with Crippen molar-refractivity contribution in [1.82, 2.24) is 0 Å². The van der Waals surface area contributed by atoms with E-state index in [0.29, 0.717) is 17.9 Å². The smallest absolute Gasteiger partial charge is 0.167 e. The Hall–Kier alpha value is -1.93. The molecule has 2 aliphatic carbocycles. The van der Waals surface area contributed by atoms with Crippen molar-refractivity contribution in [1.29, 1.82) is 0 Å². The van der Waals surface area contributed by atoms with Crippen LogP contribution in [-0.4, -0.2) is 0 Å². The molecule has 0 amide bonds. The summed E-state index contributed by atoms with van der Waals surface area (Å²) in [7, 11) is 2.65. The van der Waals surface area contributed by atoms with E-state index in [4.69, 9.17) is 0 Å². The van der Waals surface area contributed by atoms with Gasteiger partial charge in [0.05, 0.1) is 0 Å². The summed E-state index contributed by atoms with van der Waals surface area (Å²) in [5.41, 5.74) is 0.564. The lowest BCUT2D eigenvalue weighted by Gasteiger charge is -2.23. The van der Waals surface area contributed by atoms with Crippen molar-refractivity contribution in [2.24, 2.45) is 5.92 Å². The molecule has 0 N–H and O–H groups in total. The minimum Gasteiger partial charge on any atom is -0.204 e. The van der Waals surface area contributed by atoms with Crippen LogP contribution in [0.1, 0.15) is 37.3 Å². The van der Waals surface area contributed by atoms with Gasteiger partial charge in [0, 0.05) is 16.7 Å². The summed E-state index contributed by atoms with van der Waals surface area (Å²) in [5.74, 6) is -4.22. The Kier molecular flexibility index (Phi) is 5.86. The molecule has 0 heterocycles. The van der Waals surface area contributed by atoms with E-state index in [0.717, 1.165) is 29.8 Å². The first kappa shape index (κ1) is 19.8. The first-order valence-electron chi connectivity index (χ1n) is 8.85. The summed E-state index contributed by atoms with van der Waals surface area (Å²) in [4.78, 5) is 0. The molecule has 0 aromatic heterocycles. The fraction of sp³-hybridized carbons (Fsp3) is 0.273. The van der Waals surface area contributed by atoms with Gasteiger partial charge in [0.1, 0.15) is 0 Å². The second-order valence-electron chi connectivity index (χ2n) is 7.00. The molecule has 0 saturated carbocycles. The van der Waals surface area contributed by atoms with Crippen LogP contribution in [0.4, 0.5) is 17.6 Å². The lowest BCUT2D eigenvalue weighted by Crippen LogP contribution is -2.09. The molecule has 0 saturated heterocycles. The van der Waals surface area contributed by atoms with Crippen LogP contribution < -0.4 is 0 Å². The lowest BCUT2D eigenvalue weighted by molar-refractivity contribution is 0.502. The number of benzene rings is 1. The normalized spacial score (nSPS) is 25.9. The molecule has 1 aromatic rings. The standard InChI is InChI=1S/C22H21F4P/c1-12(27)11-14-3-5-15(6-4-14)17-9-7-16-8-10-18(23)22(26)19(16)13(2)20(24)21(17)25/h5,8-11,14H,2-4,6-7,27H2,1H3/b12-11-,17-9-,21-20-. The highest BCUT2D eigenvalue weighted by Crippen LogP contribution is 2.40. The number of hydrogen-bond acceptors (Lipinski definition) is 0. The molecule has 2 atom stereocenters. The second-order valence-corrected chi connectivity index (χ2v) is 7.91. The van der Waals surface area contributed by atoms with Gasteiger partial charge >= 0.3 is 0 Å². The second kappa shape index (κ2) is 7.98. The van der Waals surface area contributed by atoms with Gasteiger partial charge in [-0.2, -0.15) is 0 Å². The molecule has 142 valence electrons. The monoisotopic (exact) mass is 392 g/mol. The molecule has 0 fully saturated rings. The number of allylic oxidation sites excluding steroid dienone is 9. The van der Waals surface area contributed by atoms with E-state index in [1.165, 1.54) is 6.07 Å². The molecule has 0 nitrogen and oxygen atoms in total. The molecule has 0 bridgehead atoms. The van der Waals surface area contributed by atoms with Gasteiger partial charge in [-0.1, -0.05) is 36.2 Å². The molecule has 2 aliphatic rings. The van der Waals surface area contributed by atoms with Crippen LogP contribution in [-0.2, 0) is 6.42 Å². The molecule has 0 aliphatic heterocycles. The van der Waals surface area contributed by atoms with E-state index < -0.39 is 28.9 Å². The Morgan fingerprint density at radius 3 is 2.52 bits per heavy atom. The Morgan fingerprint density at radius 2 is 1.89 bits per heavy atom. The number of fused-ring (bicyclic) bond motifs is 1. The van der Waals surface area contributed by atoms with Crippen LogP contribution in [0.5, 0.6) is 0 Å². The topological polar surface area (TPSA) is 0 Å². The van der Waals surface area contributed by atoms with Crippen LogP contribution >= 0.6 is 9.24 Å². The van der Waals surface area contributed by atoms with E-state index in [1.807, 2.05) is 13.0 Å². The lowest BCUT2D eigenvalue weighted by atomic mass is 9.83.